The fourth-order valence-corrected chi connectivity index (χ4v) is 2.24. The maximum Gasteiger partial charge on any atom is 0.329 e. The number of amides is 2. The third-order valence-corrected chi connectivity index (χ3v) is 3.38. The fourth-order valence-electron chi connectivity index (χ4n) is 2.24. The molecule has 1 heterocycles. The molecule has 10 heteroatoms. The van der Waals surface area contributed by atoms with Crippen LogP contribution in [0.5, 0.6) is 5.75 Å². The van der Waals surface area contributed by atoms with Crippen molar-refractivity contribution in [3.63, 3.8) is 0 Å². The zero-order valence-corrected chi connectivity index (χ0v) is 13.4. The molecule has 0 spiro atoms. The van der Waals surface area contributed by atoms with Crippen molar-refractivity contribution in [1.29, 1.82) is 0 Å². The molecule has 2 amide bonds. The van der Waals surface area contributed by atoms with E-state index in [0.717, 1.165) is 0 Å². The van der Waals surface area contributed by atoms with Gasteiger partial charge in [-0.1, -0.05) is 0 Å². The van der Waals surface area contributed by atoms with Crippen LogP contribution in [0.15, 0.2) is 18.2 Å². The first-order valence-corrected chi connectivity index (χ1v) is 7.57. The Kier molecular flexibility index (Phi) is 5.88. The van der Waals surface area contributed by atoms with Gasteiger partial charge in [0.1, 0.15) is 17.5 Å². The minimum absolute atomic E-state index is 0.0383. The van der Waals surface area contributed by atoms with E-state index < -0.39 is 29.4 Å². The molecule has 1 atom stereocenters. The van der Waals surface area contributed by atoms with Gasteiger partial charge >= 0.3 is 5.97 Å². The highest BCUT2D eigenvalue weighted by Gasteiger charge is 2.29. The topological polar surface area (TPSA) is 137 Å². The van der Waals surface area contributed by atoms with Gasteiger partial charge in [0.15, 0.2) is 6.61 Å². The molecule has 0 radical (unpaired) electrons. The van der Waals surface area contributed by atoms with Crippen LogP contribution in [-0.4, -0.2) is 42.0 Å². The minimum atomic E-state index is -0.764. The second kappa shape index (κ2) is 8.08. The molecule has 1 aliphatic heterocycles. The number of ether oxygens (including phenoxy) is 2. The average Bonchev–Trinajstić information content (AvgIpc) is 3.00. The molecule has 0 unspecified atom stereocenters. The van der Waals surface area contributed by atoms with Crippen molar-refractivity contribution in [3.05, 3.63) is 28.3 Å². The van der Waals surface area contributed by atoms with Crippen LogP contribution in [0.4, 0.5) is 11.4 Å². The number of carbonyl (C=O) groups excluding carboxylic acids is 3. The van der Waals surface area contributed by atoms with Crippen molar-refractivity contribution in [2.75, 3.05) is 18.5 Å². The lowest BCUT2D eigenvalue weighted by Gasteiger charge is -2.11. The van der Waals surface area contributed by atoms with Crippen LogP contribution >= 0.6 is 0 Å². The lowest BCUT2D eigenvalue weighted by atomic mass is 10.2. The number of benzene rings is 1. The van der Waals surface area contributed by atoms with Gasteiger partial charge in [0.2, 0.25) is 5.91 Å². The van der Waals surface area contributed by atoms with Gasteiger partial charge in [-0.25, -0.2) is 4.79 Å². The van der Waals surface area contributed by atoms with Crippen LogP contribution in [0.2, 0.25) is 0 Å². The molecule has 0 saturated carbocycles. The zero-order chi connectivity index (χ0) is 18.4. The third-order valence-electron chi connectivity index (χ3n) is 3.38. The summed E-state index contributed by atoms with van der Waals surface area (Å²) in [7, 11) is 0. The van der Waals surface area contributed by atoms with Gasteiger partial charge in [0.25, 0.3) is 11.6 Å². The molecule has 0 aliphatic carbocycles. The van der Waals surface area contributed by atoms with Gasteiger partial charge in [0, 0.05) is 6.42 Å². The van der Waals surface area contributed by atoms with Crippen LogP contribution in [-0.2, 0) is 19.1 Å². The number of anilines is 1. The van der Waals surface area contributed by atoms with E-state index in [0.29, 0.717) is 18.8 Å². The summed E-state index contributed by atoms with van der Waals surface area (Å²) in [5.41, 5.74) is -0.377. The number of nitrogens with zero attached hydrogens (tertiary/aromatic N) is 1. The van der Waals surface area contributed by atoms with Gasteiger partial charge in [-0.05, 0) is 25.5 Å². The second-order valence-electron chi connectivity index (χ2n) is 5.18. The summed E-state index contributed by atoms with van der Waals surface area (Å²) < 4.78 is 9.99. The van der Waals surface area contributed by atoms with Crippen molar-refractivity contribution in [3.8, 4) is 5.75 Å². The van der Waals surface area contributed by atoms with E-state index in [4.69, 9.17) is 9.47 Å². The molecule has 0 bridgehead atoms. The summed E-state index contributed by atoms with van der Waals surface area (Å²) in [5, 5.41) is 15.8. The Hall–Kier alpha value is -3.17. The SMILES string of the molecule is CCOc1ccc(NC(=O)COC(=O)[C@H]2CCC(=O)N2)c([N+](=O)[O-])c1. The Morgan fingerprint density at radius 1 is 1.44 bits per heavy atom. The monoisotopic (exact) mass is 351 g/mol. The summed E-state index contributed by atoms with van der Waals surface area (Å²) in [4.78, 5) is 45.0. The molecule has 2 N–H and O–H groups in total. The van der Waals surface area contributed by atoms with E-state index in [-0.39, 0.29) is 23.7 Å². The Morgan fingerprint density at radius 3 is 2.80 bits per heavy atom. The third kappa shape index (κ3) is 4.90. The molecule has 2 rings (SSSR count). The Balaban J connectivity index is 1.94. The van der Waals surface area contributed by atoms with Crippen LogP contribution in [0.25, 0.3) is 0 Å². The number of hydrogen-bond donors (Lipinski definition) is 2. The quantitative estimate of drug-likeness (QED) is 0.420. The van der Waals surface area contributed by atoms with Gasteiger partial charge < -0.3 is 20.1 Å². The summed E-state index contributed by atoms with van der Waals surface area (Å²) >= 11 is 0. The zero-order valence-electron chi connectivity index (χ0n) is 13.4. The number of esters is 1. The first-order valence-electron chi connectivity index (χ1n) is 7.57. The number of hydrogen-bond acceptors (Lipinski definition) is 7. The Morgan fingerprint density at radius 2 is 2.20 bits per heavy atom. The predicted molar refractivity (Wildman–Crippen MR) is 85.0 cm³/mol. The molecule has 1 aromatic rings. The molecule has 134 valence electrons. The first kappa shape index (κ1) is 18.2. The highest BCUT2D eigenvalue weighted by molar-refractivity contribution is 5.95. The maximum atomic E-state index is 11.9. The Labute approximate surface area is 142 Å². The average molecular weight is 351 g/mol. The molecule has 1 aromatic carbocycles. The summed E-state index contributed by atoms with van der Waals surface area (Å²) in [6.07, 6.45) is 0.536. The highest BCUT2D eigenvalue weighted by atomic mass is 16.6. The normalized spacial score (nSPS) is 16.0. The lowest BCUT2D eigenvalue weighted by molar-refractivity contribution is -0.384. The number of nitro groups is 1. The summed E-state index contributed by atoms with van der Waals surface area (Å²) in [5.74, 6) is -1.40. The first-order chi connectivity index (χ1) is 11.9. The van der Waals surface area contributed by atoms with E-state index >= 15 is 0 Å². The van der Waals surface area contributed by atoms with Gasteiger partial charge in [0.05, 0.1) is 17.6 Å². The van der Waals surface area contributed by atoms with Crippen LogP contribution < -0.4 is 15.4 Å². The van der Waals surface area contributed by atoms with Crippen molar-refractivity contribution in [2.45, 2.75) is 25.8 Å². The molecule has 25 heavy (non-hydrogen) atoms. The molecule has 1 aliphatic rings. The minimum Gasteiger partial charge on any atom is -0.494 e. The second-order valence-corrected chi connectivity index (χ2v) is 5.18. The van der Waals surface area contributed by atoms with Crippen molar-refractivity contribution in [1.82, 2.24) is 5.32 Å². The molecular weight excluding hydrogens is 334 g/mol. The standard InChI is InChI=1S/C15H17N3O7/c1-2-24-9-3-4-10(12(7-9)18(22)23)16-14(20)8-25-15(21)11-5-6-13(19)17-11/h3-4,7,11H,2,5-6,8H2,1H3,(H,16,20)(H,17,19)/t11-/m1/s1. The molecular formula is C15H17N3O7. The molecule has 1 saturated heterocycles. The molecule has 1 fully saturated rings. The van der Waals surface area contributed by atoms with E-state index in [1.54, 1.807) is 6.92 Å². The number of nitro benzene ring substituents is 1. The van der Waals surface area contributed by atoms with Crippen LogP contribution in [0, 0.1) is 10.1 Å². The smallest absolute Gasteiger partial charge is 0.329 e. The summed E-state index contributed by atoms with van der Waals surface area (Å²) in [6.45, 7) is 1.47. The lowest BCUT2D eigenvalue weighted by Crippen LogP contribution is -2.36. The van der Waals surface area contributed by atoms with Crippen LogP contribution in [0.3, 0.4) is 0 Å². The number of rotatable bonds is 7. The molecule has 10 nitrogen and oxygen atoms in total. The van der Waals surface area contributed by atoms with Gasteiger partial charge in [-0.15, -0.1) is 0 Å². The maximum absolute atomic E-state index is 11.9. The number of carbonyl (C=O) groups is 3. The Bertz CT molecular complexity index is 704. The van der Waals surface area contributed by atoms with Crippen molar-refractivity contribution < 1.29 is 28.8 Å². The van der Waals surface area contributed by atoms with Crippen molar-refractivity contribution >= 4 is 29.2 Å². The van der Waals surface area contributed by atoms with Gasteiger partial charge in [-0.3, -0.25) is 19.7 Å². The van der Waals surface area contributed by atoms with Crippen molar-refractivity contribution in [2.24, 2.45) is 0 Å². The van der Waals surface area contributed by atoms with E-state index in [2.05, 4.69) is 10.6 Å². The van der Waals surface area contributed by atoms with E-state index in [9.17, 15) is 24.5 Å². The van der Waals surface area contributed by atoms with E-state index in [1.165, 1.54) is 18.2 Å². The van der Waals surface area contributed by atoms with E-state index in [1.807, 2.05) is 0 Å². The highest BCUT2D eigenvalue weighted by Crippen LogP contribution is 2.29. The largest absolute Gasteiger partial charge is 0.494 e. The number of nitrogens with one attached hydrogen (secondary N) is 2. The van der Waals surface area contributed by atoms with Crippen LogP contribution in [0.1, 0.15) is 19.8 Å². The fraction of sp³-hybridized carbons (Fsp3) is 0.400. The predicted octanol–water partition coefficient (Wildman–Crippen LogP) is 0.754. The van der Waals surface area contributed by atoms with Gasteiger partial charge in [-0.2, -0.15) is 0 Å². The molecule has 0 aromatic heterocycles. The summed E-state index contributed by atoms with van der Waals surface area (Å²) in [6, 6.07) is 3.24.